The summed E-state index contributed by atoms with van der Waals surface area (Å²) in [4.78, 5) is 12.3. The van der Waals surface area contributed by atoms with Crippen molar-refractivity contribution in [1.29, 1.82) is 0 Å². The van der Waals surface area contributed by atoms with Crippen LogP contribution in [0.4, 0.5) is 0 Å². The number of allylic oxidation sites excluding steroid dienone is 9. The Bertz CT molecular complexity index is 905. The van der Waals surface area contributed by atoms with E-state index in [0.717, 1.165) is 83.5 Å². The molecule has 2 unspecified atom stereocenters. The van der Waals surface area contributed by atoms with Gasteiger partial charge in [-0.3, -0.25) is 9.35 Å². The highest BCUT2D eigenvalue weighted by molar-refractivity contribution is 7.85. The Balaban J connectivity index is 3.79. The second-order valence-electron chi connectivity index (χ2n) is 11.4. The lowest BCUT2D eigenvalue weighted by Crippen LogP contribution is -2.46. The number of aliphatic hydroxyl groups is 1. The van der Waals surface area contributed by atoms with Gasteiger partial charge >= 0.3 is 0 Å². The summed E-state index contributed by atoms with van der Waals surface area (Å²) >= 11 is 0. The van der Waals surface area contributed by atoms with Crippen LogP contribution >= 0.6 is 0 Å². The van der Waals surface area contributed by atoms with Gasteiger partial charge in [0.1, 0.15) is 0 Å². The first-order valence-corrected chi connectivity index (χ1v) is 18.6. The fourth-order valence-electron chi connectivity index (χ4n) is 4.67. The second kappa shape index (κ2) is 30.1. The van der Waals surface area contributed by atoms with Gasteiger partial charge in [-0.1, -0.05) is 139 Å². The fraction of sp³-hybridized carbons (Fsp3) is 0.694. The number of hydrogen-bond acceptors (Lipinski definition) is 4. The molecule has 6 nitrogen and oxygen atoms in total. The zero-order chi connectivity index (χ0) is 31.9. The molecular formula is C36H63NO5S. The number of nitrogens with one attached hydrogen (secondary N) is 1. The number of hydrogen-bond donors (Lipinski definition) is 3. The van der Waals surface area contributed by atoms with Crippen molar-refractivity contribution in [3.05, 3.63) is 60.8 Å². The van der Waals surface area contributed by atoms with Crippen LogP contribution in [-0.2, 0) is 14.9 Å². The van der Waals surface area contributed by atoms with Gasteiger partial charge in [0.2, 0.25) is 5.91 Å². The first-order valence-electron chi connectivity index (χ1n) is 17.0. The molecule has 0 saturated heterocycles. The summed E-state index contributed by atoms with van der Waals surface area (Å²) in [5.74, 6) is -0.999. The Morgan fingerprint density at radius 2 is 1.12 bits per heavy atom. The minimum atomic E-state index is -4.33. The van der Waals surface area contributed by atoms with Crippen molar-refractivity contribution < 1.29 is 22.9 Å². The molecule has 0 fully saturated rings. The van der Waals surface area contributed by atoms with Gasteiger partial charge in [-0.05, 0) is 57.8 Å². The van der Waals surface area contributed by atoms with Crippen LogP contribution in [0.25, 0.3) is 0 Å². The van der Waals surface area contributed by atoms with E-state index in [9.17, 15) is 22.9 Å². The highest BCUT2D eigenvalue weighted by Gasteiger charge is 2.24. The lowest BCUT2D eigenvalue weighted by molar-refractivity contribution is -0.122. The molecule has 0 aliphatic carbocycles. The van der Waals surface area contributed by atoms with Crippen LogP contribution in [0, 0.1) is 0 Å². The van der Waals surface area contributed by atoms with Crippen molar-refractivity contribution in [1.82, 2.24) is 5.32 Å². The molecule has 248 valence electrons. The number of aliphatic hydroxyl groups excluding tert-OH is 1. The molecular weight excluding hydrogens is 558 g/mol. The summed E-state index contributed by atoms with van der Waals surface area (Å²) in [5.41, 5.74) is 0. The molecule has 0 saturated carbocycles. The molecule has 3 N–H and O–H groups in total. The molecule has 0 aromatic heterocycles. The minimum absolute atomic E-state index is 0.286. The van der Waals surface area contributed by atoms with Gasteiger partial charge < -0.3 is 10.4 Å². The molecule has 7 heteroatoms. The largest absolute Gasteiger partial charge is 0.387 e. The summed E-state index contributed by atoms with van der Waals surface area (Å²) in [6, 6.07) is -1.06. The number of unbranched alkanes of at least 4 members (excludes halogenated alkanes) is 13. The molecule has 0 bridgehead atoms. The maximum absolute atomic E-state index is 12.3. The van der Waals surface area contributed by atoms with Crippen LogP contribution in [-0.4, -0.2) is 41.9 Å². The van der Waals surface area contributed by atoms with E-state index in [0.29, 0.717) is 0 Å². The lowest BCUT2D eigenvalue weighted by Gasteiger charge is -2.21. The summed E-state index contributed by atoms with van der Waals surface area (Å²) in [5, 5.41) is 12.9. The van der Waals surface area contributed by atoms with E-state index in [1.807, 2.05) is 0 Å². The summed E-state index contributed by atoms with van der Waals surface area (Å²) < 4.78 is 32.0. The Morgan fingerprint density at radius 3 is 1.65 bits per heavy atom. The Morgan fingerprint density at radius 1 is 0.651 bits per heavy atom. The van der Waals surface area contributed by atoms with Crippen molar-refractivity contribution in [3.8, 4) is 0 Å². The van der Waals surface area contributed by atoms with E-state index < -0.39 is 28.0 Å². The van der Waals surface area contributed by atoms with Crippen LogP contribution < -0.4 is 5.32 Å². The topological polar surface area (TPSA) is 104 Å². The van der Waals surface area contributed by atoms with Crippen LogP contribution in [0.2, 0.25) is 0 Å². The molecule has 0 aliphatic heterocycles. The van der Waals surface area contributed by atoms with Gasteiger partial charge in [0.25, 0.3) is 10.1 Å². The third kappa shape index (κ3) is 31.3. The molecule has 0 spiro atoms. The summed E-state index contributed by atoms with van der Waals surface area (Å²) in [7, 11) is -4.33. The average Bonchev–Trinajstić information content (AvgIpc) is 2.96. The van der Waals surface area contributed by atoms with Crippen LogP contribution in [0.5, 0.6) is 0 Å². The molecule has 0 radical (unpaired) electrons. The molecule has 43 heavy (non-hydrogen) atoms. The molecule has 1 amide bonds. The molecule has 0 rings (SSSR count). The average molecular weight is 622 g/mol. The Kier molecular flexibility index (Phi) is 28.7. The van der Waals surface area contributed by atoms with Crippen molar-refractivity contribution in [2.24, 2.45) is 0 Å². The molecule has 2 atom stereocenters. The normalized spacial score (nSPS) is 14.2. The maximum Gasteiger partial charge on any atom is 0.267 e. The van der Waals surface area contributed by atoms with Crippen molar-refractivity contribution in [2.45, 2.75) is 154 Å². The van der Waals surface area contributed by atoms with Gasteiger partial charge in [0, 0.05) is 6.42 Å². The first-order chi connectivity index (χ1) is 20.8. The molecule has 0 aliphatic rings. The van der Waals surface area contributed by atoms with Crippen molar-refractivity contribution >= 4 is 16.0 Å². The van der Waals surface area contributed by atoms with E-state index in [4.69, 9.17) is 0 Å². The predicted molar refractivity (Wildman–Crippen MR) is 184 cm³/mol. The maximum atomic E-state index is 12.3. The number of rotatable bonds is 29. The highest BCUT2D eigenvalue weighted by Crippen LogP contribution is 2.13. The predicted octanol–water partition coefficient (Wildman–Crippen LogP) is 9.34. The molecule has 0 aromatic rings. The van der Waals surface area contributed by atoms with Crippen LogP contribution in [0.15, 0.2) is 60.8 Å². The van der Waals surface area contributed by atoms with Gasteiger partial charge in [-0.2, -0.15) is 8.42 Å². The number of carbonyl (C=O) groups excluding carboxylic acids is 1. The summed E-state index contributed by atoms with van der Waals surface area (Å²) in [6.07, 6.45) is 41.1. The van der Waals surface area contributed by atoms with Gasteiger partial charge in [0.15, 0.2) is 0 Å². The van der Waals surface area contributed by atoms with Crippen molar-refractivity contribution in [2.75, 3.05) is 5.75 Å². The van der Waals surface area contributed by atoms with Gasteiger partial charge in [-0.25, -0.2) is 0 Å². The molecule has 0 aromatic carbocycles. The van der Waals surface area contributed by atoms with Crippen LogP contribution in [0.3, 0.4) is 0 Å². The summed E-state index contributed by atoms with van der Waals surface area (Å²) in [6.45, 7) is 4.26. The first kappa shape index (κ1) is 41.0. The fourth-order valence-corrected chi connectivity index (χ4v) is 5.41. The minimum Gasteiger partial charge on any atom is -0.387 e. The Labute approximate surface area is 264 Å². The highest BCUT2D eigenvalue weighted by atomic mass is 32.2. The Hall–Kier alpha value is -1.96. The number of carbonyl (C=O) groups is 1. The third-order valence-corrected chi connectivity index (χ3v) is 7.98. The quantitative estimate of drug-likeness (QED) is 0.0439. The van der Waals surface area contributed by atoms with E-state index in [1.165, 1.54) is 44.6 Å². The zero-order valence-corrected chi connectivity index (χ0v) is 28.1. The lowest BCUT2D eigenvalue weighted by atomic mass is 10.0. The third-order valence-electron chi connectivity index (χ3n) is 7.20. The van der Waals surface area contributed by atoms with E-state index in [-0.39, 0.29) is 12.3 Å². The van der Waals surface area contributed by atoms with Crippen molar-refractivity contribution in [3.63, 3.8) is 0 Å². The van der Waals surface area contributed by atoms with E-state index in [1.54, 1.807) is 6.08 Å². The number of amides is 1. The standard InChI is InChI=1S/C36H63NO5S/c1-3-5-7-9-10-11-12-13-14-15-16-17-18-19-20-21-22-23-24-25-26-28-30-32-36(39)37-34(33-43(40,41)42)35(38)31-29-27-8-6-4-2/h5,7,10-11,13-14,16-17,29,31,34-35,38H,3-4,6,8-9,12,15,18-28,30,32-33H2,1-2H3,(H,37,39)(H,40,41,42)/b7-5-,11-10-,14-13-,17-16-,31-29+. The molecule has 0 heterocycles. The monoisotopic (exact) mass is 621 g/mol. The second-order valence-corrected chi connectivity index (χ2v) is 12.9. The zero-order valence-electron chi connectivity index (χ0n) is 27.3. The van der Waals surface area contributed by atoms with Crippen LogP contribution in [0.1, 0.15) is 142 Å². The van der Waals surface area contributed by atoms with Gasteiger partial charge in [0.05, 0.1) is 17.9 Å². The smallest absolute Gasteiger partial charge is 0.267 e. The van der Waals surface area contributed by atoms with Gasteiger partial charge in [-0.15, -0.1) is 0 Å². The van der Waals surface area contributed by atoms with E-state index in [2.05, 4.69) is 67.8 Å². The SMILES string of the molecule is CC/C=C\C/C=C\C/C=C\C/C=C\CCCCCCCCCCCCC(=O)NC(CS(=O)(=O)O)C(O)/C=C/CCCCC. The van der Waals surface area contributed by atoms with E-state index >= 15 is 0 Å².